The maximum atomic E-state index is 12.9. The zero-order valence-corrected chi connectivity index (χ0v) is 14.5. The fourth-order valence-corrected chi connectivity index (χ4v) is 3.17. The number of nitrogens with zero attached hydrogens (tertiary/aromatic N) is 4. The number of amides is 1. The Morgan fingerprint density at radius 1 is 1.12 bits per heavy atom. The zero-order valence-electron chi connectivity index (χ0n) is 14.5. The molecule has 3 rings (SSSR count). The molecule has 2 aromatic rings. The van der Waals surface area contributed by atoms with Gasteiger partial charge in [-0.1, -0.05) is 44.2 Å². The van der Waals surface area contributed by atoms with Gasteiger partial charge in [0.05, 0.1) is 0 Å². The highest BCUT2D eigenvalue weighted by molar-refractivity contribution is 5.82. The number of fused-ring (bicyclic) bond motifs is 1. The van der Waals surface area contributed by atoms with Gasteiger partial charge in [0.25, 0.3) is 5.91 Å². The van der Waals surface area contributed by atoms with Crippen molar-refractivity contribution in [2.75, 3.05) is 20.2 Å². The van der Waals surface area contributed by atoms with Crippen LogP contribution < -0.4 is 0 Å². The van der Waals surface area contributed by atoms with E-state index in [2.05, 4.69) is 28.6 Å². The fraction of sp³-hybridized carbons (Fsp3) is 0.500. The molecule has 24 heavy (non-hydrogen) atoms. The molecule has 1 aromatic heterocycles. The molecule has 0 fully saturated rings. The quantitative estimate of drug-likeness (QED) is 0.863. The first kappa shape index (κ1) is 16.6. The van der Waals surface area contributed by atoms with Crippen LogP contribution in [0.15, 0.2) is 30.3 Å². The lowest BCUT2D eigenvalue weighted by Crippen LogP contribution is -2.38. The maximum absolute atomic E-state index is 12.9. The van der Waals surface area contributed by atoms with E-state index in [9.17, 15) is 4.79 Å². The van der Waals surface area contributed by atoms with Crippen LogP contribution in [0, 0.1) is 0 Å². The van der Waals surface area contributed by atoms with Crippen molar-refractivity contribution >= 4 is 5.91 Å². The Bertz CT molecular complexity index is 696. The molecule has 2 heterocycles. The minimum Gasteiger partial charge on any atom is -0.367 e. The van der Waals surface area contributed by atoms with Crippen LogP contribution in [0.1, 0.15) is 43.1 Å². The number of hydrogen-bond donors (Lipinski definition) is 0. The smallest absolute Gasteiger partial charge is 0.256 e. The van der Waals surface area contributed by atoms with Gasteiger partial charge in [-0.2, -0.15) is 0 Å². The van der Waals surface area contributed by atoms with Gasteiger partial charge in [0.2, 0.25) is 0 Å². The lowest BCUT2D eigenvalue weighted by molar-refractivity contribution is -0.142. The van der Waals surface area contributed by atoms with E-state index >= 15 is 0 Å². The van der Waals surface area contributed by atoms with Crippen LogP contribution in [0.5, 0.6) is 0 Å². The molecule has 0 spiro atoms. The normalized spacial score (nSPS) is 15.9. The van der Waals surface area contributed by atoms with Crippen LogP contribution in [0.25, 0.3) is 0 Å². The monoisotopic (exact) mass is 328 g/mol. The Morgan fingerprint density at radius 3 is 2.54 bits per heavy atom. The Hall–Kier alpha value is -2.21. The Kier molecular flexibility index (Phi) is 4.94. The van der Waals surface area contributed by atoms with E-state index in [1.165, 1.54) is 0 Å². The second kappa shape index (κ2) is 7.13. The summed E-state index contributed by atoms with van der Waals surface area (Å²) < 4.78 is 7.64. The van der Waals surface area contributed by atoms with Gasteiger partial charge < -0.3 is 14.2 Å². The van der Waals surface area contributed by atoms with Crippen molar-refractivity contribution in [3.05, 3.63) is 47.5 Å². The van der Waals surface area contributed by atoms with Crippen molar-refractivity contribution in [1.29, 1.82) is 0 Å². The first-order valence-corrected chi connectivity index (χ1v) is 8.40. The average molecular weight is 328 g/mol. The van der Waals surface area contributed by atoms with Gasteiger partial charge in [0, 0.05) is 39.1 Å². The zero-order chi connectivity index (χ0) is 17.1. The lowest BCUT2D eigenvalue weighted by atomic mass is 10.1. The molecule has 6 nitrogen and oxygen atoms in total. The SMILES string of the molecule is COC(C(=O)N1CCc2nnc(C(C)C)n2CC1)c1ccccc1. The van der Waals surface area contributed by atoms with Gasteiger partial charge >= 0.3 is 0 Å². The summed E-state index contributed by atoms with van der Waals surface area (Å²) in [6.07, 6.45) is 0.163. The number of hydrogen-bond acceptors (Lipinski definition) is 4. The topological polar surface area (TPSA) is 60.2 Å². The maximum Gasteiger partial charge on any atom is 0.256 e. The third-order valence-electron chi connectivity index (χ3n) is 4.45. The molecule has 0 aliphatic carbocycles. The highest BCUT2D eigenvalue weighted by atomic mass is 16.5. The molecule has 0 radical (unpaired) electrons. The third-order valence-corrected chi connectivity index (χ3v) is 4.45. The summed E-state index contributed by atoms with van der Waals surface area (Å²) in [5, 5.41) is 8.59. The van der Waals surface area contributed by atoms with Gasteiger partial charge in [-0.3, -0.25) is 4.79 Å². The summed E-state index contributed by atoms with van der Waals surface area (Å²) in [4.78, 5) is 14.8. The molecule has 0 saturated carbocycles. The molecule has 1 unspecified atom stereocenters. The highest BCUT2D eigenvalue weighted by Crippen LogP contribution is 2.22. The first-order valence-electron chi connectivity index (χ1n) is 8.40. The molecule has 1 aliphatic rings. The summed E-state index contributed by atoms with van der Waals surface area (Å²) in [6, 6.07) is 9.64. The Morgan fingerprint density at radius 2 is 1.88 bits per heavy atom. The molecule has 1 aromatic carbocycles. The molecule has 1 aliphatic heterocycles. The highest BCUT2D eigenvalue weighted by Gasteiger charge is 2.28. The van der Waals surface area contributed by atoms with E-state index < -0.39 is 6.10 Å². The minimum atomic E-state index is -0.556. The van der Waals surface area contributed by atoms with Crippen LogP contribution in [0.4, 0.5) is 0 Å². The van der Waals surface area contributed by atoms with Crippen molar-refractivity contribution in [3.8, 4) is 0 Å². The van der Waals surface area contributed by atoms with E-state index in [0.29, 0.717) is 19.0 Å². The second-order valence-corrected chi connectivity index (χ2v) is 6.38. The molecular formula is C18H24N4O2. The van der Waals surface area contributed by atoms with E-state index in [1.54, 1.807) is 7.11 Å². The number of carbonyl (C=O) groups is 1. The summed E-state index contributed by atoms with van der Waals surface area (Å²) in [5.41, 5.74) is 0.886. The van der Waals surface area contributed by atoms with Crippen LogP contribution in [-0.2, 0) is 22.5 Å². The number of ether oxygens (including phenoxy) is 1. The Labute approximate surface area is 142 Å². The molecule has 0 saturated heterocycles. The predicted molar refractivity (Wildman–Crippen MR) is 90.6 cm³/mol. The number of aromatic nitrogens is 3. The predicted octanol–water partition coefficient (Wildman–Crippen LogP) is 2.17. The standard InChI is InChI=1S/C18H24N4O2/c1-13(2)17-20-19-15-9-10-21(11-12-22(15)17)18(23)16(24-3)14-7-5-4-6-8-14/h4-8,13,16H,9-12H2,1-3H3. The summed E-state index contributed by atoms with van der Waals surface area (Å²) in [5.74, 6) is 2.28. The molecule has 1 amide bonds. The Balaban J connectivity index is 1.76. The summed E-state index contributed by atoms with van der Waals surface area (Å²) >= 11 is 0. The van der Waals surface area contributed by atoms with Crippen LogP contribution in [0.3, 0.4) is 0 Å². The molecule has 0 bridgehead atoms. The number of benzene rings is 1. The van der Waals surface area contributed by atoms with Gasteiger partial charge in [-0.15, -0.1) is 10.2 Å². The second-order valence-electron chi connectivity index (χ2n) is 6.38. The molecule has 0 N–H and O–H groups in total. The number of rotatable bonds is 4. The van der Waals surface area contributed by atoms with Crippen LogP contribution in [-0.4, -0.2) is 45.8 Å². The van der Waals surface area contributed by atoms with Crippen molar-refractivity contribution in [2.24, 2.45) is 0 Å². The molecular weight excluding hydrogens is 304 g/mol. The first-order chi connectivity index (χ1) is 11.6. The van der Waals surface area contributed by atoms with E-state index in [4.69, 9.17) is 4.74 Å². The minimum absolute atomic E-state index is 0.00788. The summed E-state index contributed by atoms with van der Waals surface area (Å²) in [7, 11) is 1.58. The van der Waals surface area contributed by atoms with Crippen molar-refractivity contribution in [3.63, 3.8) is 0 Å². The summed E-state index contributed by atoms with van der Waals surface area (Å²) in [6.45, 7) is 6.24. The van der Waals surface area contributed by atoms with Gasteiger partial charge in [-0.25, -0.2) is 0 Å². The van der Waals surface area contributed by atoms with Gasteiger partial charge in [0.15, 0.2) is 6.10 Å². The van der Waals surface area contributed by atoms with Crippen LogP contribution in [0.2, 0.25) is 0 Å². The lowest BCUT2D eigenvalue weighted by Gasteiger charge is -2.25. The number of methoxy groups -OCH3 is 1. The van der Waals surface area contributed by atoms with E-state index in [-0.39, 0.29) is 5.91 Å². The van der Waals surface area contributed by atoms with Crippen molar-refractivity contribution in [1.82, 2.24) is 19.7 Å². The fourth-order valence-electron chi connectivity index (χ4n) is 3.17. The van der Waals surface area contributed by atoms with E-state index in [1.807, 2.05) is 35.2 Å². The van der Waals surface area contributed by atoms with Crippen LogP contribution >= 0.6 is 0 Å². The molecule has 6 heteroatoms. The molecule has 128 valence electrons. The van der Waals surface area contributed by atoms with Gasteiger partial charge in [0.1, 0.15) is 11.6 Å². The third kappa shape index (κ3) is 3.19. The molecule has 1 atom stereocenters. The van der Waals surface area contributed by atoms with E-state index in [0.717, 1.165) is 30.2 Å². The van der Waals surface area contributed by atoms with Crippen molar-refractivity contribution in [2.45, 2.75) is 38.8 Å². The number of carbonyl (C=O) groups excluding carboxylic acids is 1. The van der Waals surface area contributed by atoms with Crippen molar-refractivity contribution < 1.29 is 9.53 Å². The largest absolute Gasteiger partial charge is 0.367 e. The average Bonchev–Trinajstić information content (AvgIpc) is 2.88. The van der Waals surface area contributed by atoms with Gasteiger partial charge in [-0.05, 0) is 5.56 Å².